The van der Waals surface area contributed by atoms with Gasteiger partial charge in [0.1, 0.15) is 11.2 Å². The minimum absolute atomic E-state index is 0.887. The number of furan rings is 1. The van der Waals surface area contributed by atoms with Crippen molar-refractivity contribution in [1.29, 1.82) is 0 Å². The van der Waals surface area contributed by atoms with E-state index in [0.29, 0.717) is 0 Å². The third-order valence-electron chi connectivity index (χ3n) is 9.76. The Hall–Kier alpha value is -6.58. The quantitative estimate of drug-likeness (QED) is 0.190. The highest BCUT2D eigenvalue weighted by molar-refractivity contribution is 6.19. The van der Waals surface area contributed by atoms with Crippen molar-refractivity contribution >= 4 is 71.6 Å². The minimum atomic E-state index is 0.887. The molecule has 0 bridgehead atoms. The van der Waals surface area contributed by atoms with E-state index >= 15 is 0 Å². The number of para-hydroxylation sites is 4. The van der Waals surface area contributed by atoms with Gasteiger partial charge in [-0.05, 0) is 71.6 Å². The molecule has 3 nitrogen and oxygen atoms in total. The fourth-order valence-corrected chi connectivity index (χ4v) is 7.65. The highest BCUT2D eigenvalue weighted by atomic mass is 16.3. The molecule has 2 heterocycles. The Morgan fingerprint density at radius 2 is 1.06 bits per heavy atom. The number of aromatic nitrogens is 1. The Labute approximate surface area is 283 Å². The third kappa shape index (κ3) is 4.29. The Morgan fingerprint density at radius 3 is 1.88 bits per heavy atom. The van der Waals surface area contributed by atoms with E-state index < -0.39 is 0 Å². The molecule has 0 spiro atoms. The lowest BCUT2D eigenvalue weighted by Crippen LogP contribution is -2.11. The number of anilines is 3. The molecule has 0 N–H and O–H groups in total. The molecule has 49 heavy (non-hydrogen) atoms. The molecule has 0 aliphatic heterocycles. The number of hydrogen-bond acceptors (Lipinski definition) is 2. The second kappa shape index (κ2) is 11.0. The average molecular weight is 627 g/mol. The maximum absolute atomic E-state index is 6.61. The van der Waals surface area contributed by atoms with Gasteiger partial charge in [0.2, 0.25) is 0 Å². The van der Waals surface area contributed by atoms with Crippen LogP contribution in [0.4, 0.5) is 17.1 Å². The van der Waals surface area contributed by atoms with E-state index in [1.165, 1.54) is 27.2 Å². The van der Waals surface area contributed by atoms with Crippen LogP contribution in [0.3, 0.4) is 0 Å². The maximum Gasteiger partial charge on any atom is 0.143 e. The van der Waals surface area contributed by atoms with Gasteiger partial charge in [-0.25, -0.2) is 0 Å². The molecule has 10 aromatic rings. The third-order valence-corrected chi connectivity index (χ3v) is 9.76. The van der Waals surface area contributed by atoms with Crippen LogP contribution >= 0.6 is 0 Å². The molecule has 0 fully saturated rings. The van der Waals surface area contributed by atoms with Crippen LogP contribution < -0.4 is 4.90 Å². The normalized spacial score (nSPS) is 11.7. The Morgan fingerprint density at radius 1 is 0.429 bits per heavy atom. The van der Waals surface area contributed by atoms with E-state index in [1.54, 1.807) is 0 Å². The molecule has 0 saturated heterocycles. The molecule has 0 saturated carbocycles. The predicted molar refractivity (Wildman–Crippen MR) is 206 cm³/mol. The zero-order valence-electron chi connectivity index (χ0n) is 26.6. The van der Waals surface area contributed by atoms with Crippen molar-refractivity contribution in [1.82, 2.24) is 4.57 Å². The fraction of sp³-hybridized carbons (Fsp3) is 0. The standard InChI is InChI=1S/C46H30N2O/c1-2-15-32(16-3-1)47(33-17-12-18-34(30-33)48-42-25-10-6-20-36(42)37-21-7-11-26-43(37)48)41-24-9-8-22-38(41)39-23-13-27-44-45(39)40-29-28-31-14-4-5-19-35(31)46(40)49-44/h1-30H. The Balaban J connectivity index is 1.21. The second-order valence-electron chi connectivity index (χ2n) is 12.5. The maximum atomic E-state index is 6.61. The molecular weight excluding hydrogens is 597 g/mol. The number of rotatable bonds is 5. The van der Waals surface area contributed by atoms with E-state index in [9.17, 15) is 0 Å². The summed E-state index contributed by atoms with van der Waals surface area (Å²) in [6.45, 7) is 0. The molecule has 0 unspecified atom stereocenters. The van der Waals surface area contributed by atoms with Crippen LogP contribution in [-0.4, -0.2) is 4.57 Å². The van der Waals surface area contributed by atoms with Gasteiger partial charge in [-0.15, -0.1) is 0 Å². The van der Waals surface area contributed by atoms with E-state index in [4.69, 9.17) is 4.42 Å². The van der Waals surface area contributed by atoms with Gasteiger partial charge in [-0.3, -0.25) is 0 Å². The van der Waals surface area contributed by atoms with Crippen molar-refractivity contribution in [2.24, 2.45) is 0 Å². The zero-order valence-corrected chi connectivity index (χ0v) is 26.6. The molecule has 0 aliphatic rings. The molecule has 2 aromatic heterocycles. The molecule has 0 atom stereocenters. The summed E-state index contributed by atoms with van der Waals surface area (Å²) in [6, 6.07) is 64.9. The van der Waals surface area contributed by atoms with Gasteiger partial charge in [-0.2, -0.15) is 0 Å². The highest BCUT2D eigenvalue weighted by Crippen LogP contribution is 2.46. The van der Waals surface area contributed by atoms with E-state index in [2.05, 4.69) is 191 Å². The zero-order chi connectivity index (χ0) is 32.3. The monoisotopic (exact) mass is 626 g/mol. The minimum Gasteiger partial charge on any atom is -0.455 e. The summed E-state index contributed by atoms with van der Waals surface area (Å²) in [5, 5.41) is 7.06. The topological polar surface area (TPSA) is 21.3 Å². The number of benzene rings is 8. The summed E-state index contributed by atoms with van der Waals surface area (Å²) in [4.78, 5) is 2.38. The van der Waals surface area contributed by atoms with Crippen LogP contribution in [-0.2, 0) is 0 Å². The molecular formula is C46H30N2O. The van der Waals surface area contributed by atoms with Crippen LogP contribution in [0.15, 0.2) is 186 Å². The summed E-state index contributed by atoms with van der Waals surface area (Å²) in [7, 11) is 0. The first-order valence-corrected chi connectivity index (χ1v) is 16.7. The lowest BCUT2D eigenvalue weighted by molar-refractivity contribution is 0.673. The van der Waals surface area contributed by atoms with Gasteiger partial charge < -0.3 is 13.9 Å². The van der Waals surface area contributed by atoms with Crippen LogP contribution in [0.2, 0.25) is 0 Å². The van der Waals surface area contributed by atoms with Gasteiger partial charge in [0.25, 0.3) is 0 Å². The molecule has 0 aliphatic carbocycles. The van der Waals surface area contributed by atoms with Crippen LogP contribution in [0.1, 0.15) is 0 Å². The van der Waals surface area contributed by atoms with Gasteiger partial charge in [0, 0.05) is 49.6 Å². The first-order chi connectivity index (χ1) is 24.3. The van der Waals surface area contributed by atoms with Gasteiger partial charge in [0.05, 0.1) is 16.7 Å². The average Bonchev–Trinajstić information content (AvgIpc) is 3.72. The molecule has 8 aromatic carbocycles. The van der Waals surface area contributed by atoms with Crippen molar-refractivity contribution in [2.45, 2.75) is 0 Å². The van der Waals surface area contributed by atoms with E-state index in [1.807, 2.05) is 0 Å². The predicted octanol–water partition coefficient (Wildman–Crippen LogP) is 13.0. The summed E-state index contributed by atoms with van der Waals surface area (Å²) < 4.78 is 8.99. The molecule has 3 heteroatoms. The Bertz CT molecular complexity index is 2790. The van der Waals surface area contributed by atoms with Gasteiger partial charge in [0.15, 0.2) is 0 Å². The first kappa shape index (κ1) is 27.5. The molecule has 0 amide bonds. The van der Waals surface area contributed by atoms with Crippen molar-refractivity contribution in [3.63, 3.8) is 0 Å². The lowest BCUT2D eigenvalue weighted by Gasteiger charge is -2.28. The SMILES string of the molecule is c1ccc(N(c2cccc(-n3c4ccccc4c4ccccc43)c2)c2ccccc2-c2cccc3oc4c5ccccc5ccc4c23)cc1. The summed E-state index contributed by atoms with van der Waals surface area (Å²) in [5.41, 5.74) is 10.8. The van der Waals surface area contributed by atoms with E-state index in [-0.39, 0.29) is 0 Å². The van der Waals surface area contributed by atoms with Crippen LogP contribution in [0.25, 0.3) is 71.3 Å². The summed E-state index contributed by atoms with van der Waals surface area (Å²) in [5.74, 6) is 0. The van der Waals surface area contributed by atoms with Crippen LogP contribution in [0.5, 0.6) is 0 Å². The summed E-state index contributed by atoms with van der Waals surface area (Å²) in [6.07, 6.45) is 0. The molecule has 230 valence electrons. The summed E-state index contributed by atoms with van der Waals surface area (Å²) >= 11 is 0. The van der Waals surface area contributed by atoms with Crippen molar-refractivity contribution in [3.05, 3.63) is 182 Å². The van der Waals surface area contributed by atoms with Crippen molar-refractivity contribution in [3.8, 4) is 16.8 Å². The Kier molecular flexibility index (Phi) is 6.18. The number of nitrogens with zero attached hydrogens (tertiary/aromatic N) is 2. The highest BCUT2D eigenvalue weighted by Gasteiger charge is 2.21. The smallest absolute Gasteiger partial charge is 0.143 e. The van der Waals surface area contributed by atoms with Gasteiger partial charge >= 0.3 is 0 Å². The van der Waals surface area contributed by atoms with Crippen LogP contribution in [0, 0.1) is 0 Å². The fourth-order valence-electron chi connectivity index (χ4n) is 7.65. The lowest BCUT2D eigenvalue weighted by atomic mass is 9.96. The number of hydrogen-bond donors (Lipinski definition) is 0. The number of fused-ring (bicyclic) bond motifs is 8. The van der Waals surface area contributed by atoms with Crippen molar-refractivity contribution < 1.29 is 4.42 Å². The first-order valence-electron chi connectivity index (χ1n) is 16.7. The molecule has 10 rings (SSSR count). The van der Waals surface area contributed by atoms with E-state index in [0.717, 1.165) is 61.2 Å². The van der Waals surface area contributed by atoms with Gasteiger partial charge in [-0.1, -0.05) is 121 Å². The molecule has 0 radical (unpaired) electrons. The largest absolute Gasteiger partial charge is 0.455 e. The van der Waals surface area contributed by atoms with Crippen molar-refractivity contribution in [2.75, 3.05) is 4.90 Å². The second-order valence-corrected chi connectivity index (χ2v) is 12.5.